The van der Waals surface area contributed by atoms with Crippen molar-refractivity contribution in [1.82, 2.24) is 20.4 Å². The minimum absolute atomic E-state index is 0. The van der Waals surface area contributed by atoms with E-state index in [9.17, 15) is 28.8 Å². The summed E-state index contributed by atoms with van der Waals surface area (Å²) in [5, 5.41) is 15.0. The van der Waals surface area contributed by atoms with Crippen molar-refractivity contribution in [2.24, 2.45) is 15.8 Å². The normalized spacial score (nSPS) is 15.3. The highest BCUT2D eigenvalue weighted by atomic mass is 35.5. The van der Waals surface area contributed by atoms with Gasteiger partial charge in [0.05, 0.1) is 33.8 Å². The standard InChI is InChI=1S/C28H31N5O2.C17H20N2O2.C13H24N2O2.C8H4ClNO2.CH2Cl2.H2/c29-24-11-8-22(20-4-2-1-3-5-20)18-25(24)32-26(34)21-6-9-23(10-7-21)31-27(35)33-17-14-28(19-33)12-15-30-16-13-28;1-17(2,3)21-16(20)19-15-10-9-13(11-14(15)18)12-7-5-4-6-8-12;1-12(2,3)17-11(16)15-8-5-13(6-9-15)4-7-14-10-13;9-8(12)6-1-3-7(4-2-6)10-5-11;2-1-3;/h1-11,18,30H,12-17,19,29H2,(H,31,35)(H,32,34);4-11H,18H2,1-3H3,(H,19,20);14H,4-10H2,1-3H3;1-4H;1H2;1H/i;;;;;1+1. The van der Waals surface area contributed by atoms with Crippen molar-refractivity contribution in [1.29, 1.82) is 0 Å². The Morgan fingerprint density at radius 3 is 1.65 bits per heavy atom. The van der Waals surface area contributed by atoms with Gasteiger partial charge in [0, 0.05) is 51.0 Å². The Labute approximate surface area is 532 Å². The van der Waals surface area contributed by atoms with Crippen molar-refractivity contribution in [3.63, 3.8) is 0 Å². The number of amides is 5. The van der Waals surface area contributed by atoms with E-state index in [4.69, 9.17) is 55.7 Å². The smallest absolute Gasteiger partial charge is 0.412 e. The molecule has 6 aromatic carbocycles. The molecule has 21 heteroatoms. The SMILES string of the molecule is CC(C)(C)OC(=O)N1CCC2(CCNC2)CC1.CC(C)(C)OC(=O)Nc1ccc(-c2ccccc2)cc1N.ClCCl.Nc1ccc(-c2ccccc2)cc1NC(=O)c1ccc(NC(=O)N2CCC3(CCNCC3)C2)cc1.O=C=Nc1ccc(C(=O)Cl)cc1.[2HH]. The van der Waals surface area contributed by atoms with E-state index in [2.05, 4.69) is 31.6 Å². The number of aliphatic imine (C=N–C) groups is 1. The summed E-state index contributed by atoms with van der Waals surface area (Å²) >= 11 is 14.7. The predicted octanol–water partition coefficient (Wildman–Crippen LogP) is 14.8. The first-order chi connectivity index (χ1) is 41.9. The van der Waals surface area contributed by atoms with Crippen LogP contribution in [0.3, 0.4) is 0 Å². The molecule has 4 heterocycles. The van der Waals surface area contributed by atoms with Gasteiger partial charge in [0.25, 0.3) is 11.1 Å². The predicted molar refractivity (Wildman–Crippen MR) is 357 cm³/mol. The molecular weight excluding hydrogens is 1180 g/mol. The quantitative estimate of drug-likeness (QED) is 0.0247. The molecule has 4 aliphatic heterocycles. The van der Waals surface area contributed by atoms with Gasteiger partial charge in [-0.15, -0.1) is 23.2 Å². The number of piperidine rings is 2. The fraction of sp³-hybridized carbons (Fsp3) is 0.373. The fourth-order valence-electron chi connectivity index (χ4n) is 10.4. The number of nitrogens with one attached hydrogen (secondary N) is 5. The van der Waals surface area contributed by atoms with Crippen LogP contribution in [0.15, 0.2) is 151 Å². The number of nitrogen functional groups attached to an aromatic ring is 2. The lowest BCUT2D eigenvalue weighted by molar-refractivity contribution is 0.0119. The molecule has 2 spiro atoms. The molecule has 0 atom stereocenters. The second-order valence-electron chi connectivity index (χ2n) is 23.9. The zero-order valence-electron chi connectivity index (χ0n) is 50.9. The fourth-order valence-corrected chi connectivity index (χ4v) is 10.5. The number of likely N-dealkylation sites (tertiary alicyclic amines) is 2. The molecule has 88 heavy (non-hydrogen) atoms. The number of benzene rings is 6. The van der Waals surface area contributed by atoms with Gasteiger partial charge < -0.3 is 52.0 Å². The van der Waals surface area contributed by atoms with Gasteiger partial charge in [-0.05, 0) is 217 Å². The van der Waals surface area contributed by atoms with Gasteiger partial charge in [0.2, 0.25) is 6.08 Å². The van der Waals surface area contributed by atoms with E-state index < -0.39 is 16.9 Å². The number of halogens is 3. The number of anilines is 5. The lowest BCUT2D eigenvalue weighted by atomic mass is 9.78. The zero-order valence-corrected chi connectivity index (χ0v) is 53.1. The Hall–Kier alpha value is -7.96. The molecule has 4 fully saturated rings. The van der Waals surface area contributed by atoms with Crippen molar-refractivity contribution >= 4 is 104 Å². The van der Waals surface area contributed by atoms with Crippen LogP contribution < -0.4 is 38.1 Å². The topological polar surface area (TPSA) is 252 Å². The minimum Gasteiger partial charge on any atom is -0.444 e. The molecule has 9 N–H and O–H groups in total. The Kier molecular flexibility index (Phi) is 25.8. The summed E-state index contributed by atoms with van der Waals surface area (Å²) in [7, 11) is 0. The van der Waals surface area contributed by atoms with E-state index in [0.29, 0.717) is 50.7 Å². The van der Waals surface area contributed by atoms with Crippen LogP contribution in [-0.4, -0.2) is 114 Å². The van der Waals surface area contributed by atoms with Crippen molar-refractivity contribution < 1.29 is 39.7 Å². The molecule has 6 aromatic rings. The second-order valence-corrected chi connectivity index (χ2v) is 25.0. The number of hydrogen-bond acceptors (Lipinski definition) is 13. The number of rotatable bonds is 8. The molecule has 0 radical (unpaired) electrons. The summed E-state index contributed by atoms with van der Waals surface area (Å²) < 4.78 is 10.6. The highest BCUT2D eigenvalue weighted by Crippen LogP contribution is 2.40. The van der Waals surface area contributed by atoms with E-state index in [1.807, 2.05) is 136 Å². The Morgan fingerprint density at radius 2 is 1.11 bits per heavy atom. The molecule has 0 saturated carbocycles. The van der Waals surface area contributed by atoms with Gasteiger partial charge >= 0.3 is 18.2 Å². The average Bonchev–Trinajstić information content (AvgIpc) is 3.73. The lowest BCUT2D eigenvalue weighted by Crippen LogP contribution is -2.45. The van der Waals surface area contributed by atoms with Crippen LogP contribution in [-0.2, 0) is 14.3 Å². The van der Waals surface area contributed by atoms with E-state index in [0.717, 1.165) is 107 Å². The number of urea groups is 1. The molecule has 0 aromatic heterocycles. The van der Waals surface area contributed by atoms with E-state index >= 15 is 0 Å². The first-order valence-corrected chi connectivity index (χ1v) is 30.6. The average molecular weight is 1260 g/mol. The molecular formula is C67H83Cl3N10O8. The van der Waals surface area contributed by atoms with Crippen LogP contribution in [0.5, 0.6) is 0 Å². The number of ether oxygens (including phenoxy) is 2. The van der Waals surface area contributed by atoms with Crippen LogP contribution in [0.4, 0.5) is 48.5 Å². The summed E-state index contributed by atoms with van der Waals surface area (Å²) in [5.74, 6) is -0.257. The largest absolute Gasteiger partial charge is 0.444 e. The van der Waals surface area contributed by atoms with E-state index in [1.54, 1.807) is 36.4 Å². The number of nitrogens with zero attached hydrogens (tertiary/aromatic N) is 3. The molecule has 0 aliphatic carbocycles. The summed E-state index contributed by atoms with van der Waals surface area (Å²) in [6.07, 6.45) is 7.52. The van der Waals surface area contributed by atoms with Gasteiger partial charge in [0.15, 0.2) is 0 Å². The molecule has 10 rings (SSSR count). The Morgan fingerprint density at radius 1 is 0.591 bits per heavy atom. The van der Waals surface area contributed by atoms with E-state index in [-0.39, 0.29) is 35.8 Å². The van der Waals surface area contributed by atoms with Crippen LogP contribution >= 0.6 is 34.8 Å². The van der Waals surface area contributed by atoms with Gasteiger partial charge in [-0.25, -0.2) is 19.2 Å². The number of nitrogens with two attached hydrogens (primary N) is 2. The molecule has 4 saturated heterocycles. The summed E-state index contributed by atoms with van der Waals surface area (Å²) in [4.78, 5) is 76.8. The number of alkyl halides is 2. The Bertz CT molecular complexity index is 3290. The summed E-state index contributed by atoms with van der Waals surface area (Å²) in [6, 6.07) is 43.9. The third-order valence-corrected chi connectivity index (χ3v) is 15.3. The summed E-state index contributed by atoms with van der Waals surface area (Å²) in [6.45, 7) is 18.8. The molecule has 4 aliphatic rings. The van der Waals surface area contributed by atoms with Crippen molar-refractivity contribution in [2.75, 3.05) is 85.1 Å². The number of isocyanates is 1. The van der Waals surface area contributed by atoms with Crippen LogP contribution in [0, 0.1) is 10.8 Å². The highest BCUT2D eigenvalue weighted by molar-refractivity contribution is 6.67. The maximum atomic E-state index is 12.9. The van der Waals surface area contributed by atoms with Crippen LogP contribution in [0.2, 0.25) is 0 Å². The van der Waals surface area contributed by atoms with Crippen molar-refractivity contribution in [3.8, 4) is 22.3 Å². The number of carbonyl (C=O) groups is 5. The van der Waals surface area contributed by atoms with Crippen molar-refractivity contribution in [3.05, 3.63) is 157 Å². The highest BCUT2D eigenvalue weighted by Gasteiger charge is 2.41. The molecule has 470 valence electrons. The monoisotopic (exact) mass is 1260 g/mol. The van der Waals surface area contributed by atoms with E-state index in [1.165, 1.54) is 36.8 Å². The maximum absolute atomic E-state index is 12.9. The van der Waals surface area contributed by atoms with Gasteiger partial charge in [-0.2, -0.15) is 4.99 Å². The van der Waals surface area contributed by atoms with Crippen LogP contribution in [0.1, 0.15) is 102 Å². The number of carbonyl (C=O) groups excluding carboxylic acids is 6. The molecule has 5 amide bonds. The number of hydrogen-bond donors (Lipinski definition) is 7. The third kappa shape index (κ3) is 22.0. The van der Waals surface area contributed by atoms with Gasteiger partial charge in [-0.1, -0.05) is 72.8 Å². The zero-order chi connectivity index (χ0) is 63.9. The van der Waals surface area contributed by atoms with Crippen molar-refractivity contribution in [2.45, 2.75) is 91.3 Å². The third-order valence-electron chi connectivity index (χ3n) is 15.1. The first kappa shape index (κ1) is 69.1. The molecule has 0 unspecified atom stereocenters. The first-order valence-electron chi connectivity index (χ1n) is 29.2. The molecule has 0 bridgehead atoms. The maximum Gasteiger partial charge on any atom is 0.412 e. The second kappa shape index (κ2) is 32.9. The molecule has 18 nitrogen and oxygen atoms in total. The lowest BCUT2D eigenvalue weighted by Gasteiger charge is -2.39. The van der Waals surface area contributed by atoms with Gasteiger partial charge in [-0.3, -0.25) is 14.9 Å². The van der Waals surface area contributed by atoms with Gasteiger partial charge in [0.1, 0.15) is 11.2 Å². The minimum atomic E-state index is -0.539. The Balaban J connectivity index is 0.000000229. The van der Waals surface area contributed by atoms with Crippen LogP contribution in [0.25, 0.3) is 22.3 Å². The summed E-state index contributed by atoms with van der Waals surface area (Å²) in [5.41, 5.74) is 20.1.